The summed E-state index contributed by atoms with van der Waals surface area (Å²) in [5.74, 6) is 0.300. The van der Waals surface area contributed by atoms with Crippen molar-refractivity contribution in [3.63, 3.8) is 0 Å². The molecule has 0 fully saturated rings. The first kappa shape index (κ1) is 19.5. The van der Waals surface area contributed by atoms with Crippen LogP contribution in [0.2, 0.25) is 5.02 Å². The topological polar surface area (TPSA) is 96.7 Å². The Labute approximate surface area is 178 Å². The molecule has 30 heavy (non-hydrogen) atoms. The van der Waals surface area contributed by atoms with Crippen molar-refractivity contribution >= 4 is 33.9 Å². The molecular formula is C23H18ClN5O. The van der Waals surface area contributed by atoms with Crippen molar-refractivity contribution in [2.45, 2.75) is 13.0 Å². The van der Waals surface area contributed by atoms with E-state index < -0.39 is 0 Å². The standard InChI is InChI=1S/C23H18ClN5O/c1-14(28-19-11-21(26)27-13-16(19)12-25)20-10-15-6-5-9-18(24)22(15)23(30)29(20)17-7-3-2-4-8-17/h2-11,13-14H,1H3,(H3,26,27,28). The Morgan fingerprint density at radius 1 is 1.17 bits per heavy atom. The Morgan fingerprint density at radius 3 is 2.67 bits per heavy atom. The van der Waals surface area contributed by atoms with Gasteiger partial charge in [-0.05, 0) is 36.6 Å². The molecule has 2 aromatic heterocycles. The Morgan fingerprint density at radius 2 is 1.93 bits per heavy atom. The van der Waals surface area contributed by atoms with Gasteiger partial charge in [-0.2, -0.15) is 5.26 Å². The van der Waals surface area contributed by atoms with E-state index in [1.165, 1.54) is 6.20 Å². The van der Waals surface area contributed by atoms with E-state index >= 15 is 0 Å². The molecule has 1 unspecified atom stereocenters. The van der Waals surface area contributed by atoms with E-state index in [-0.39, 0.29) is 11.6 Å². The number of hydrogen-bond donors (Lipinski definition) is 2. The van der Waals surface area contributed by atoms with Gasteiger partial charge in [0.1, 0.15) is 11.9 Å². The highest BCUT2D eigenvalue weighted by molar-refractivity contribution is 6.35. The zero-order valence-electron chi connectivity index (χ0n) is 16.1. The van der Waals surface area contributed by atoms with Gasteiger partial charge in [0.05, 0.1) is 27.7 Å². The molecular weight excluding hydrogens is 398 g/mol. The van der Waals surface area contributed by atoms with Crippen LogP contribution in [0.4, 0.5) is 11.5 Å². The second-order valence-corrected chi connectivity index (χ2v) is 7.29. The Kier molecular flexibility index (Phi) is 5.13. The van der Waals surface area contributed by atoms with Crippen LogP contribution in [0.5, 0.6) is 0 Å². The van der Waals surface area contributed by atoms with Crippen molar-refractivity contribution in [2.75, 3.05) is 11.1 Å². The number of rotatable bonds is 4. The number of nitrogens with zero attached hydrogens (tertiary/aromatic N) is 3. The van der Waals surface area contributed by atoms with Crippen LogP contribution in [0.1, 0.15) is 24.2 Å². The number of anilines is 2. The lowest BCUT2D eigenvalue weighted by Crippen LogP contribution is -2.25. The summed E-state index contributed by atoms with van der Waals surface area (Å²) in [6.45, 7) is 1.92. The molecule has 0 aliphatic heterocycles. The first-order valence-corrected chi connectivity index (χ1v) is 9.69. The van der Waals surface area contributed by atoms with E-state index in [9.17, 15) is 10.1 Å². The summed E-state index contributed by atoms with van der Waals surface area (Å²) in [5.41, 5.74) is 7.96. The lowest BCUT2D eigenvalue weighted by Gasteiger charge is -2.22. The van der Waals surface area contributed by atoms with Crippen LogP contribution in [0.25, 0.3) is 16.5 Å². The van der Waals surface area contributed by atoms with Crippen LogP contribution in [0.3, 0.4) is 0 Å². The first-order chi connectivity index (χ1) is 14.5. The highest BCUT2D eigenvalue weighted by atomic mass is 35.5. The zero-order valence-corrected chi connectivity index (χ0v) is 16.9. The molecule has 2 heterocycles. The van der Waals surface area contributed by atoms with Crippen LogP contribution in [-0.2, 0) is 0 Å². The summed E-state index contributed by atoms with van der Waals surface area (Å²) in [6.07, 6.45) is 1.43. The maximum atomic E-state index is 13.5. The Hall–Kier alpha value is -3.82. The van der Waals surface area contributed by atoms with Gasteiger partial charge < -0.3 is 11.1 Å². The van der Waals surface area contributed by atoms with Gasteiger partial charge in [-0.1, -0.05) is 41.9 Å². The summed E-state index contributed by atoms with van der Waals surface area (Å²) in [7, 11) is 0. The van der Waals surface area contributed by atoms with Crippen molar-refractivity contribution in [3.8, 4) is 11.8 Å². The lowest BCUT2D eigenvalue weighted by molar-refractivity contribution is 0.777. The van der Waals surface area contributed by atoms with Gasteiger partial charge in [-0.15, -0.1) is 0 Å². The quantitative estimate of drug-likeness (QED) is 0.505. The normalized spacial score (nSPS) is 11.8. The highest BCUT2D eigenvalue weighted by Crippen LogP contribution is 2.28. The monoisotopic (exact) mass is 415 g/mol. The van der Waals surface area contributed by atoms with Gasteiger partial charge in [0, 0.05) is 23.6 Å². The van der Waals surface area contributed by atoms with Crippen molar-refractivity contribution < 1.29 is 0 Å². The molecule has 4 aromatic rings. The maximum Gasteiger partial charge on any atom is 0.264 e. The molecule has 0 bridgehead atoms. The molecule has 0 aliphatic carbocycles. The van der Waals surface area contributed by atoms with Crippen molar-refractivity contribution in [3.05, 3.63) is 93.5 Å². The van der Waals surface area contributed by atoms with Gasteiger partial charge in [0.25, 0.3) is 5.56 Å². The number of hydrogen-bond acceptors (Lipinski definition) is 5. The Balaban J connectivity index is 1.93. The number of halogens is 1. The van der Waals surface area contributed by atoms with Gasteiger partial charge in [-0.25, -0.2) is 4.98 Å². The third kappa shape index (κ3) is 3.47. The second-order valence-electron chi connectivity index (χ2n) is 6.88. The van der Waals surface area contributed by atoms with Crippen molar-refractivity contribution in [1.29, 1.82) is 5.26 Å². The molecule has 0 radical (unpaired) electrons. The maximum absolute atomic E-state index is 13.5. The molecule has 2 aromatic carbocycles. The van der Waals surface area contributed by atoms with Crippen LogP contribution in [-0.4, -0.2) is 9.55 Å². The van der Waals surface area contributed by atoms with Crippen molar-refractivity contribution in [1.82, 2.24) is 9.55 Å². The highest BCUT2D eigenvalue weighted by Gasteiger charge is 2.18. The number of aromatic nitrogens is 2. The first-order valence-electron chi connectivity index (χ1n) is 9.31. The number of nitrogens with one attached hydrogen (secondary N) is 1. The number of para-hydroxylation sites is 1. The van der Waals surface area contributed by atoms with E-state index in [1.54, 1.807) is 16.7 Å². The van der Waals surface area contributed by atoms with Crippen LogP contribution >= 0.6 is 11.6 Å². The largest absolute Gasteiger partial charge is 0.384 e. The SMILES string of the molecule is CC(Nc1cc(N)ncc1C#N)c1cc2cccc(Cl)c2c(=O)n1-c1ccccc1. The third-order valence-electron chi connectivity index (χ3n) is 4.90. The number of nitriles is 1. The number of benzene rings is 2. The fraction of sp³-hybridized carbons (Fsp3) is 0.0870. The average molecular weight is 416 g/mol. The molecule has 0 saturated heterocycles. The molecule has 0 aliphatic rings. The summed E-state index contributed by atoms with van der Waals surface area (Å²) >= 11 is 6.35. The smallest absolute Gasteiger partial charge is 0.264 e. The molecule has 148 valence electrons. The van der Waals surface area contributed by atoms with E-state index in [4.69, 9.17) is 17.3 Å². The van der Waals surface area contributed by atoms with Gasteiger partial charge in [0.15, 0.2) is 0 Å². The van der Waals surface area contributed by atoms with E-state index in [1.807, 2.05) is 55.5 Å². The molecule has 7 heteroatoms. The van der Waals surface area contributed by atoms with Crippen LogP contribution < -0.4 is 16.6 Å². The molecule has 4 rings (SSSR count). The molecule has 1 atom stereocenters. The molecule has 0 amide bonds. The predicted molar refractivity (Wildman–Crippen MR) is 120 cm³/mol. The number of nitrogens with two attached hydrogens (primary N) is 1. The molecule has 6 nitrogen and oxygen atoms in total. The van der Waals surface area contributed by atoms with E-state index in [2.05, 4.69) is 16.4 Å². The van der Waals surface area contributed by atoms with E-state index in [0.717, 1.165) is 16.8 Å². The molecule has 3 N–H and O–H groups in total. The predicted octanol–water partition coefficient (Wildman–Crippen LogP) is 4.67. The minimum atomic E-state index is -0.324. The van der Waals surface area contributed by atoms with Gasteiger partial charge in [-0.3, -0.25) is 9.36 Å². The van der Waals surface area contributed by atoms with E-state index in [0.29, 0.717) is 27.5 Å². The summed E-state index contributed by atoms with van der Waals surface area (Å²) in [5, 5.41) is 14.3. The fourth-order valence-electron chi connectivity index (χ4n) is 3.49. The zero-order chi connectivity index (χ0) is 21.3. The summed E-state index contributed by atoms with van der Waals surface area (Å²) in [4.78, 5) is 17.4. The second kappa shape index (κ2) is 7.90. The summed E-state index contributed by atoms with van der Waals surface area (Å²) in [6, 6.07) is 20.1. The Bertz CT molecular complexity index is 1340. The number of nitrogen functional groups attached to an aromatic ring is 1. The lowest BCUT2D eigenvalue weighted by atomic mass is 10.1. The average Bonchev–Trinajstić information content (AvgIpc) is 2.74. The van der Waals surface area contributed by atoms with Crippen LogP contribution in [0, 0.1) is 11.3 Å². The van der Waals surface area contributed by atoms with Gasteiger partial charge >= 0.3 is 0 Å². The third-order valence-corrected chi connectivity index (χ3v) is 5.21. The van der Waals surface area contributed by atoms with Crippen molar-refractivity contribution in [2.24, 2.45) is 0 Å². The molecule has 0 spiro atoms. The fourth-order valence-corrected chi connectivity index (χ4v) is 3.75. The molecule has 0 saturated carbocycles. The summed E-state index contributed by atoms with van der Waals surface area (Å²) < 4.78 is 1.64. The van der Waals surface area contributed by atoms with Gasteiger partial charge in [0.2, 0.25) is 0 Å². The minimum Gasteiger partial charge on any atom is -0.384 e. The minimum absolute atomic E-state index is 0.206. The number of fused-ring (bicyclic) bond motifs is 1. The number of pyridine rings is 2. The van der Waals surface area contributed by atoms with Crippen LogP contribution in [0.15, 0.2) is 71.7 Å².